The van der Waals surface area contributed by atoms with Crippen LogP contribution in [0.3, 0.4) is 0 Å². The standard InChI is InChI=1S/C26H21FN.ClHO4/c1-26(2)22-17-21(27)13-14-23(22)28-24(19-11-7-4-8-12-19)15-20(16-25(26)28)18-9-5-3-6-10-18;2-1(3,4)5/h3-17H,1-2H3;(H,2,3,4,5)/q+1;/p-1. The van der Waals surface area contributed by atoms with E-state index in [0.717, 1.165) is 22.5 Å². The van der Waals surface area contributed by atoms with Crippen LogP contribution in [-0.4, -0.2) is 0 Å². The van der Waals surface area contributed by atoms with Crippen LogP contribution < -0.4 is 23.2 Å². The first-order valence-electron chi connectivity index (χ1n) is 10.2. The van der Waals surface area contributed by atoms with E-state index < -0.39 is 10.2 Å². The Morgan fingerprint density at radius 2 is 1.24 bits per heavy atom. The fourth-order valence-corrected chi connectivity index (χ4v) is 4.28. The van der Waals surface area contributed by atoms with Gasteiger partial charge in [-0.1, -0.05) is 48.5 Å². The average molecular weight is 466 g/mol. The molecule has 0 N–H and O–H groups in total. The second-order valence-electron chi connectivity index (χ2n) is 8.25. The summed E-state index contributed by atoms with van der Waals surface area (Å²) in [6, 6.07) is 30.5. The zero-order valence-electron chi connectivity index (χ0n) is 18.0. The van der Waals surface area contributed by atoms with Crippen molar-refractivity contribution in [3.63, 3.8) is 0 Å². The number of nitrogens with zero attached hydrogens (tertiary/aromatic N) is 1. The predicted octanol–water partition coefficient (Wildman–Crippen LogP) is 1.32. The molecule has 0 spiro atoms. The van der Waals surface area contributed by atoms with Gasteiger partial charge in [-0.15, -0.1) is 10.2 Å². The van der Waals surface area contributed by atoms with Crippen LogP contribution in [-0.2, 0) is 5.41 Å². The van der Waals surface area contributed by atoms with Crippen molar-refractivity contribution in [2.45, 2.75) is 19.3 Å². The molecule has 2 heterocycles. The lowest BCUT2D eigenvalue weighted by molar-refractivity contribution is -2.00. The topological polar surface area (TPSA) is 96.1 Å². The van der Waals surface area contributed by atoms with Crippen LogP contribution >= 0.6 is 0 Å². The SMILES string of the molecule is CC1(C)c2cc(F)ccc2-[n+]2c(-c3ccccc3)cc(-c3ccccc3)cc21.[O-][Cl+3]([O-])([O-])[O-]. The Hall–Kier alpha value is -3.13. The van der Waals surface area contributed by atoms with Crippen LogP contribution in [0, 0.1) is 16.1 Å². The number of hydrogen-bond donors (Lipinski definition) is 0. The van der Waals surface area contributed by atoms with Crippen LogP contribution in [0.1, 0.15) is 25.1 Å². The molecule has 0 amide bonds. The minimum Gasteiger partial charge on any atom is -0.222 e. The fraction of sp³-hybridized carbons (Fsp3) is 0.115. The highest BCUT2D eigenvalue weighted by Gasteiger charge is 2.46. The maximum atomic E-state index is 14.1. The molecule has 168 valence electrons. The largest absolute Gasteiger partial charge is 0.222 e. The molecule has 0 fully saturated rings. The lowest BCUT2D eigenvalue weighted by Crippen LogP contribution is -2.68. The van der Waals surface area contributed by atoms with E-state index in [1.165, 1.54) is 16.8 Å². The van der Waals surface area contributed by atoms with Gasteiger partial charge in [-0.25, -0.2) is 23.0 Å². The molecule has 1 aliphatic rings. The van der Waals surface area contributed by atoms with E-state index in [4.69, 9.17) is 18.6 Å². The summed E-state index contributed by atoms with van der Waals surface area (Å²) in [5.41, 5.74) is 7.59. The molecule has 7 heteroatoms. The number of aromatic nitrogens is 1. The van der Waals surface area contributed by atoms with Crippen LogP contribution in [0.5, 0.6) is 0 Å². The summed E-state index contributed by atoms with van der Waals surface area (Å²) in [6.45, 7) is 4.35. The molecule has 0 atom stereocenters. The molecular weight excluding hydrogens is 445 g/mol. The van der Waals surface area contributed by atoms with Gasteiger partial charge in [0.2, 0.25) is 11.4 Å². The lowest BCUT2D eigenvalue weighted by atomic mass is 9.82. The van der Waals surface area contributed by atoms with E-state index in [-0.39, 0.29) is 11.2 Å². The summed E-state index contributed by atoms with van der Waals surface area (Å²) in [6.07, 6.45) is 0. The lowest BCUT2D eigenvalue weighted by Gasteiger charge is -2.17. The minimum atomic E-state index is -4.94. The highest BCUT2D eigenvalue weighted by atomic mass is 35.7. The Morgan fingerprint density at radius 1 is 0.697 bits per heavy atom. The van der Waals surface area contributed by atoms with Crippen LogP contribution in [0.15, 0.2) is 91.0 Å². The van der Waals surface area contributed by atoms with Gasteiger partial charge in [0.15, 0.2) is 5.69 Å². The van der Waals surface area contributed by atoms with Crippen molar-refractivity contribution in [3.05, 3.63) is 108 Å². The quantitative estimate of drug-likeness (QED) is 0.417. The smallest absolute Gasteiger partial charge is 0.219 e. The maximum Gasteiger partial charge on any atom is 0.219 e. The molecule has 4 aromatic rings. The van der Waals surface area contributed by atoms with Crippen molar-refractivity contribution in [1.29, 1.82) is 0 Å². The summed E-state index contributed by atoms with van der Waals surface area (Å²) in [5.74, 6) is -0.190. The molecule has 0 radical (unpaired) electrons. The van der Waals surface area contributed by atoms with Crippen molar-refractivity contribution in [1.82, 2.24) is 0 Å². The average Bonchev–Trinajstić information content (AvgIpc) is 3.00. The van der Waals surface area contributed by atoms with E-state index >= 15 is 0 Å². The summed E-state index contributed by atoms with van der Waals surface area (Å²) < 4.78 is 50.3. The van der Waals surface area contributed by atoms with Crippen molar-refractivity contribution in [3.8, 4) is 28.1 Å². The molecule has 0 saturated carbocycles. The first-order chi connectivity index (χ1) is 15.6. The van der Waals surface area contributed by atoms with E-state index in [0.29, 0.717) is 0 Å². The van der Waals surface area contributed by atoms with Crippen LogP contribution in [0.25, 0.3) is 28.1 Å². The molecule has 3 aromatic carbocycles. The summed E-state index contributed by atoms with van der Waals surface area (Å²) >= 11 is 0. The summed E-state index contributed by atoms with van der Waals surface area (Å²) in [5, 5.41) is 0. The van der Waals surface area contributed by atoms with E-state index in [1.807, 2.05) is 18.2 Å². The third kappa shape index (κ3) is 4.80. The van der Waals surface area contributed by atoms with Gasteiger partial charge < -0.3 is 0 Å². The molecule has 0 unspecified atom stereocenters. The highest BCUT2D eigenvalue weighted by Crippen LogP contribution is 2.41. The van der Waals surface area contributed by atoms with Crippen LogP contribution in [0.4, 0.5) is 4.39 Å². The number of benzene rings is 3. The first kappa shape index (κ1) is 23.0. The Kier molecular flexibility index (Phi) is 6.05. The number of rotatable bonds is 2. The second kappa shape index (κ2) is 8.67. The molecule has 33 heavy (non-hydrogen) atoms. The molecule has 1 aliphatic heterocycles. The summed E-state index contributed by atoms with van der Waals surface area (Å²) in [4.78, 5) is 0. The predicted molar refractivity (Wildman–Crippen MR) is 111 cm³/mol. The maximum absolute atomic E-state index is 14.1. The number of halogens is 2. The van der Waals surface area contributed by atoms with Crippen LogP contribution in [0.2, 0.25) is 0 Å². The van der Waals surface area contributed by atoms with E-state index in [9.17, 15) is 4.39 Å². The Balaban J connectivity index is 0.000000471. The van der Waals surface area contributed by atoms with Gasteiger partial charge in [0.1, 0.15) is 5.82 Å². The Labute approximate surface area is 193 Å². The Morgan fingerprint density at radius 3 is 1.82 bits per heavy atom. The highest BCUT2D eigenvalue weighted by molar-refractivity contribution is 5.71. The molecule has 0 saturated heterocycles. The normalized spacial score (nSPS) is 13.5. The van der Waals surface area contributed by atoms with Gasteiger partial charge >= 0.3 is 0 Å². The Bertz CT molecular complexity index is 1280. The summed E-state index contributed by atoms with van der Waals surface area (Å²) in [7, 11) is -4.94. The van der Waals surface area contributed by atoms with Crippen molar-refractivity contribution in [2.24, 2.45) is 0 Å². The number of fused-ring (bicyclic) bond motifs is 3. The van der Waals surface area contributed by atoms with E-state index in [1.54, 1.807) is 12.1 Å². The first-order valence-corrected chi connectivity index (χ1v) is 11.4. The van der Waals surface area contributed by atoms with Gasteiger partial charge in [0.25, 0.3) is 0 Å². The van der Waals surface area contributed by atoms with Gasteiger partial charge in [-0.2, -0.15) is 4.57 Å². The minimum absolute atomic E-state index is 0.190. The molecule has 1 aromatic heterocycles. The molecule has 5 rings (SSSR count). The van der Waals surface area contributed by atoms with E-state index in [2.05, 4.69) is 79.1 Å². The zero-order chi connectivity index (χ0) is 23.8. The van der Waals surface area contributed by atoms with Gasteiger partial charge in [0, 0.05) is 29.3 Å². The number of pyridine rings is 1. The molecule has 0 bridgehead atoms. The molecule has 5 nitrogen and oxygen atoms in total. The fourth-order valence-electron chi connectivity index (χ4n) is 4.28. The van der Waals surface area contributed by atoms with Crippen molar-refractivity contribution >= 4 is 0 Å². The van der Waals surface area contributed by atoms with Crippen molar-refractivity contribution < 1.29 is 37.8 Å². The molecular formula is C26H21ClFNO4. The monoisotopic (exact) mass is 465 g/mol. The van der Waals surface area contributed by atoms with Gasteiger partial charge in [-0.3, -0.25) is 0 Å². The second-order valence-corrected chi connectivity index (χ2v) is 9.00. The molecule has 0 aliphatic carbocycles. The zero-order valence-corrected chi connectivity index (χ0v) is 18.8. The van der Waals surface area contributed by atoms with Gasteiger partial charge in [0.05, 0.1) is 5.41 Å². The third-order valence-corrected chi connectivity index (χ3v) is 5.76. The van der Waals surface area contributed by atoms with Gasteiger partial charge in [-0.05, 0) is 49.2 Å². The number of hydrogen-bond acceptors (Lipinski definition) is 4. The van der Waals surface area contributed by atoms with Crippen molar-refractivity contribution in [2.75, 3.05) is 0 Å². The third-order valence-electron chi connectivity index (χ3n) is 5.76.